The summed E-state index contributed by atoms with van der Waals surface area (Å²) in [6.45, 7) is 4.13. The lowest BCUT2D eigenvalue weighted by molar-refractivity contribution is -0.111. The molecule has 0 spiro atoms. The molecule has 0 saturated carbocycles. The molecule has 7 nitrogen and oxygen atoms in total. The molecular weight excluding hydrogens is 444 g/mol. The summed E-state index contributed by atoms with van der Waals surface area (Å²) in [6.07, 6.45) is 4.70. The van der Waals surface area contributed by atoms with Gasteiger partial charge in [-0.1, -0.05) is 24.3 Å². The first kappa shape index (κ1) is 24.6. The Kier molecular flexibility index (Phi) is 8.33. The second-order valence-electron chi connectivity index (χ2n) is 7.18. The van der Waals surface area contributed by atoms with Crippen LogP contribution < -0.4 is 5.32 Å². The molecule has 0 aliphatic carbocycles. The first-order valence-corrected chi connectivity index (χ1v) is 12.3. The summed E-state index contributed by atoms with van der Waals surface area (Å²) < 4.78 is 39.1. The van der Waals surface area contributed by atoms with Crippen molar-refractivity contribution in [2.45, 2.75) is 20.0 Å². The van der Waals surface area contributed by atoms with Crippen molar-refractivity contribution in [2.24, 2.45) is 7.05 Å². The van der Waals surface area contributed by atoms with Gasteiger partial charge in [0.2, 0.25) is 5.91 Å². The summed E-state index contributed by atoms with van der Waals surface area (Å²) in [5, 5.41) is 6.96. The van der Waals surface area contributed by atoms with Crippen molar-refractivity contribution in [3.05, 3.63) is 77.7 Å². The third kappa shape index (κ3) is 6.48. The SMILES string of the molecule is CCOP(=O)(Cc1ccc(NC(=O)C=Cc2cnn(C)c2-c2ccccc2F)cc1)OCC. The highest BCUT2D eigenvalue weighted by Gasteiger charge is 2.23. The average molecular weight is 471 g/mol. The topological polar surface area (TPSA) is 82.5 Å². The number of benzene rings is 2. The first-order chi connectivity index (χ1) is 15.8. The fraction of sp³-hybridized carbons (Fsp3) is 0.250. The first-order valence-electron chi connectivity index (χ1n) is 10.6. The molecule has 0 aliphatic rings. The van der Waals surface area contributed by atoms with Crippen LogP contribution in [0.4, 0.5) is 10.1 Å². The fourth-order valence-corrected chi connectivity index (χ4v) is 5.05. The second-order valence-corrected chi connectivity index (χ2v) is 9.23. The van der Waals surface area contributed by atoms with Crippen LogP contribution >= 0.6 is 7.60 Å². The lowest BCUT2D eigenvalue weighted by atomic mass is 10.1. The van der Waals surface area contributed by atoms with Crippen LogP contribution in [0.1, 0.15) is 25.0 Å². The third-order valence-electron chi connectivity index (χ3n) is 4.76. The quantitative estimate of drug-likeness (QED) is 0.306. The van der Waals surface area contributed by atoms with Gasteiger partial charge in [-0.15, -0.1) is 0 Å². The summed E-state index contributed by atoms with van der Waals surface area (Å²) >= 11 is 0. The number of hydrogen-bond donors (Lipinski definition) is 1. The van der Waals surface area contributed by atoms with E-state index >= 15 is 0 Å². The molecule has 174 valence electrons. The molecule has 0 radical (unpaired) electrons. The van der Waals surface area contributed by atoms with Crippen molar-refractivity contribution in [2.75, 3.05) is 18.5 Å². The lowest BCUT2D eigenvalue weighted by Gasteiger charge is -2.17. The minimum atomic E-state index is -3.19. The summed E-state index contributed by atoms with van der Waals surface area (Å²) in [7, 11) is -1.47. The number of anilines is 1. The Morgan fingerprint density at radius 3 is 2.42 bits per heavy atom. The molecule has 2 aromatic carbocycles. The number of rotatable bonds is 10. The molecule has 0 saturated heterocycles. The van der Waals surface area contributed by atoms with Gasteiger partial charge in [0.15, 0.2) is 0 Å². The van der Waals surface area contributed by atoms with Gasteiger partial charge >= 0.3 is 7.60 Å². The smallest absolute Gasteiger partial charge is 0.323 e. The minimum absolute atomic E-state index is 0.155. The zero-order valence-corrected chi connectivity index (χ0v) is 19.7. The number of nitrogens with one attached hydrogen (secondary N) is 1. The van der Waals surface area contributed by atoms with E-state index in [1.54, 1.807) is 80.3 Å². The highest BCUT2D eigenvalue weighted by atomic mass is 31.2. The monoisotopic (exact) mass is 471 g/mol. The summed E-state index contributed by atoms with van der Waals surface area (Å²) in [6, 6.07) is 13.4. The van der Waals surface area contributed by atoms with E-state index < -0.39 is 7.60 Å². The van der Waals surface area contributed by atoms with Crippen molar-refractivity contribution in [3.63, 3.8) is 0 Å². The van der Waals surface area contributed by atoms with Gasteiger partial charge in [-0.05, 0) is 49.8 Å². The number of aromatic nitrogens is 2. The van der Waals surface area contributed by atoms with Crippen LogP contribution in [0, 0.1) is 5.82 Å². The van der Waals surface area contributed by atoms with Crippen molar-refractivity contribution in [3.8, 4) is 11.3 Å². The average Bonchev–Trinajstić information content (AvgIpc) is 3.14. The number of hydrogen-bond acceptors (Lipinski definition) is 5. The van der Waals surface area contributed by atoms with E-state index in [2.05, 4.69) is 10.4 Å². The summed E-state index contributed by atoms with van der Waals surface area (Å²) in [4.78, 5) is 12.4. The Balaban J connectivity index is 1.67. The van der Waals surface area contributed by atoms with E-state index in [1.807, 2.05) is 0 Å². The Morgan fingerprint density at radius 2 is 1.79 bits per heavy atom. The predicted octanol–water partition coefficient (Wildman–Crippen LogP) is 5.64. The standard InChI is InChI=1S/C24H27FN3O4P/c1-4-31-33(30,32-5-2)17-18-10-13-20(14-11-18)27-23(29)15-12-19-16-26-28(3)24(19)21-8-6-7-9-22(21)25/h6-16H,4-5,17H2,1-3H3,(H,27,29). The number of halogens is 1. The number of aryl methyl sites for hydroxylation is 1. The van der Waals surface area contributed by atoms with Crippen LogP contribution in [-0.2, 0) is 31.6 Å². The Morgan fingerprint density at radius 1 is 1.12 bits per heavy atom. The van der Waals surface area contributed by atoms with Crippen molar-refractivity contribution in [1.29, 1.82) is 0 Å². The van der Waals surface area contributed by atoms with Crippen LogP contribution in [0.25, 0.3) is 17.3 Å². The molecular formula is C24H27FN3O4P. The molecule has 3 rings (SSSR count). The molecule has 1 heterocycles. The summed E-state index contributed by atoms with van der Waals surface area (Å²) in [5.41, 5.74) is 2.96. The predicted molar refractivity (Wildman–Crippen MR) is 127 cm³/mol. The van der Waals surface area contributed by atoms with E-state index in [4.69, 9.17) is 9.05 Å². The van der Waals surface area contributed by atoms with Crippen LogP contribution in [-0.4, -0.2) is 28.9 Å². The fourth-order valence-electron chi connectivity index (χ4n) is 3.35. The van der Waals surface area contributed by atoms with E-state index in [0.29, 0.717) is 35.7 Å². The number of carbonyl (C=O) groups is 1. The molecule has 0 unspecified atom stereocenters. The third-order valence-corrected chi connectivity index (χ3v) is 6.82. The molecule has 33 heavy (non-hydrogen) atoms. The molecule has 3 aromatic rings. The maximum Gasteiger partial charge on any atom is 0.335 e. The summed E-state index contributed by atoms with van der Waals surface area (Å²) in [5.74, 6) is -0.709. The number of carbonyl (C=O) groups excluding carboxylic acids is 1. The normalized spacial score (nSPS) is 11.8. The van der Waals surface area contributed by atoms with Gasteiger partial charge in [0.1, 0.15) is 5.82 Å². The van der Waals surface area contributed by atoms with Crippen LogP contribution in [0.3, 0.4) is 0 Å². The molecule has 0 aliphatic heterocycles. The number of nitrogens with zero attached hydrogens (tertiary/aromatic N) is 2. The van der Waals surface area contributed by atoms with Gasteiger partial charge < -0.3 is 14.4 Å². The molecule has 1 N–H and O–H groups in total. The van der Waals surface area contributed by atoms with Crippen molar-refractivity contribution >= 4 is 25.3 Å². The highest BCUT2D eigenvalue weighted by molar-refractivity contribution is 7.53. The lowest BCUT2D eigenvalue weighted by Crippen LogP contribution is -2.07. The molecule has 1 amide bonds. The van der Waals surface area contributed by atoms with Gasteiger partial charge in [0.05, 0.1) is 31.3 Å². The van der Waals surface area contributed by atoms with Crippen LogP contribution in [0.5, 0.6) is 0 Å². The minimum Gasteiger partial charge on any atom is -0.323 e. The zero-order chi connectivity index (χ0) is 23.8. The van der Waals surface area contributed by atoms with E-state index in [9.17, 15) is 13.8 Å². The Bertz CT molecular complexity index is 1160. The molecule has 0 bridgehead atoms. The van der Waals surface area contributed by atoms with Gasteiger partial charge in [-0.2, -0.15) is 5.10 Å². The highest BCUT2D eigenvalue weighted by Crippen LogP contribution is 2.51. The van der Waals surface area contributed by atoms with Crippen molar-refractivity contribution in [1.82, 2.24) is 9.78 Å². The van der Waals surface area contributed by atoms with Crippen LogP contribution in [0.2, 0.25) is 0 Å². The van der Waals surface area contributed by atoms with Gasteiger partial charge in [-0.3, -0.25) is 14.0 Å². The molecule has 1 aromatic heterocycles. The Hall–Kier alpha value is -3.06. The molecule has 9 heteroatoms. The van der Waals surface area contributed by atoms with E-state index in [-0.39, 0.29) is 17.9 Å². The largest absolute Gasteiger partial charge is 0.335 e. The maximum absolute atomic E-state index is 14.2. The zero-order valence-electron chi connectivity index (χ0n) is 18.8. The van der Waals surface area contributed by atoms with Crippen LogP contribution in [0.15, 0.2) is 60.8 Å². The number of amides is 1. The van der Waals surface area contributed by atoms with Crippen molar-refractivity contribution < 1.29 is 22.8 Å². The Labute approximate surface area is 192 Å². The van der Waals surface area contributed by atoms with E-state index in [0.717, 1.165) is 5.56 Å². The maximum atomic E-state index is 14.2. The van der Waals surface area contributed by atoms with Gasteiger partial charge in [-0.25, -0.2) is 4.39 Å². The van der Waals surface area contributed by atoms with E-state index in [1.165, 1.54) is 12.1 Å². The second kappa shape index (κ2) is 11.2. The van der Waals surface area contributed by atoms with Gasteiger partial charge in [0, 0.05) is 29.9 Å². The molecule has 0 fully saturated rings. The van der Waals surface area contributed by atoms with Gasteiger partial charge in [0.25, 0.3) is 0 Å². The molecule has 0 atom stereocenters.